The Balaban J connectivity index is 3.07. The van der Waals surface area contributed by atoms with Gasteiger partial charge in [-0.2, -0.15) is 5.26 Å². The SMILES string of the molecule is CCC1(C#N)C(=O)N(C)c2c1n(C)c(=O)n(C)c2=O. The largest absolute Gasteiger partial charge is 0.330 e. The van der Waals surface area contributed by atoms with Gasteiger partial charge < -0.3 is 4.90 Å². The number of hydrogen-bond donors (Lipinski definition) is 0. The van der Waals surface area contributed by atoms with Gasteiger partial charge in [0.25, 0.3) is 11.5 Å². The molecule has 1 aromatic rings. The van der Waals surface area contributed by atoms with Crippen LogP contribution in [0.25, 0.3) is 0 Å². The second kappa shape index (κ2) is 3.82. The molecule has 1 aromatic heterocycles. The van der Waals surface area contributed by atoms with Crippen molar-refractivity contribution in [3.8, 4) is 6.07 Å². The molecule has 2 heterocycles. The maximum absolute atomic E-state index is 12.3. The minimum atomic E-state index is -1.45. The van der Waals surface area contributed by atoms with E-state index in [4.69, 9.17) is 0 Å². The summed E-state index contributed by atoms with van der Waals surface area (Å²) in [7, 11) is 4.26. The Morgan fingerprint density at radius 2 is 1.74 bits per heavy atom. The van der Waals surface area contributed by atoms with Crippen molar-refractivity contribution >= 4 is 11.6 Å². The minimum absolute atomic E-state index is 0.109. The van der Waals surface area contributed by atoms with Crippen molar-refractivity contribution in [1.82, 2.24) is 9.13 Å². The first-order valence-electron chi connectivity index (χ1n) is 5.83. The fraction of sp³-hybridized carbons (Fsp3) is 0.500. The van der Waals surface area contributed by atoms with Crippen LogP contribution in [-0.2, 0) is 24.3 Å². The normalized spacial score (nSPS) is 21.4. The Labute approximate surface area is 109 Å². The molecule has 0 spiro atoms. The van der Waals surface area contributed by atoms with Crippen LogP contribution in [0.15, 0.2) is 9.59 Å². The van der Waals surface area contributed by atoms with Gasteiger partial charge in [0, 0.05) is 21.1 Å². The Kier molecular flexibility index (Phi) is 2.63. The number of rotatable bonds is 1. The van der Waals surface area contributed by atoms with E-state index in [0.717, 1.165) is 4.57 Å². The molecule has 0 saturated carbocycles. The third-order valence-electron chi connectivity index (χ3n) is 3.77. The predicted octanol–water partition coefficient (Wildman–Crippen LogP) is -0.768. The van der Waals surface area contributed by atoms with E-state index in [1.807, 2.05) is 6.07 Å². The lowest BCUT2D eigenvalue weighted by atomic mass is 9.84. The minimum Gasteiger partial charge on any atom is -0.307 e. The predicted molar refractivity (Wildman–Crippen MR) is 67.9 cm³/mol. The lowest BCUT2D eigenvalue weighted by Gasteiger charge is -2.19. The highest BCUT2D eigenvalue weighted by Gasteiger charge is 2.52. The Hall–Kier alpha value is -2.36. The molecule has 0 fully saturated rings. The molecule has 0 aliphatic carbocycles. The fourth-order valence-electron chi connectivity index (χ4n) is 2.60. The van der Waals surface area contributed by atoms with Crippen LogP contribution in [-0.4, -0.2) is 22.1 Å². The lowest BCUT2D eigenvalue weighted by molar-refractivity contribution is -0.121. The van der Waals surface area contributed by atoms with Crippen LogP contribution < -0.4 is 16.1 Å². The smallest absolute Gasteiger partial charge is 0.307 e. The summed E-state index contributed by atoms with van der Waals surface area (Å²) < 4.78 is 2.15. The average molecular weight is 262 g/mol. The van der Waals surface area contributed by atoms with Gasteiger partial charge in [-0.05, 0) is 6.42 Å². The number of likely N-dealkylation sites (N-methyl/N-ethyl adjacent to an activating group) is 1. The molecule has 0 radical (unpaired) electrons. The van der Waals surface area contributed by atoms with Crippen LogP contribution >= 0.6 is 0 Å². The van der Waals surface area contributed by atoms with Crippen LogP contribution in [0.3, 0.4) is 0 Å². The van der Waals surface area contributed by atoms with Crippen LogP contribution in [0.5, 0.6) is 0 Å². The molecule has 1 aliphatic rings. The zero-order valence-electron chi connectivity index (χ0n) is 11.2. The first-order chi connectivity index (χ1) is 8.83. The molecular weight excluding hydrogens is 248 g/mol. The van der Waals surface area contributed by atoms with Gasteiger partial charge >= 0.3 is 5.69 Å². The zero-order chi connectivity index (χ0) is 14.5. The van der Waals surface area contributed by atoms with E-state index < -0.39 is 22.6 Å². The van der Waals surface area contributed by atoms with Gasteiger partial charge in [-0.25, -0.2) is 4.79 Å². The Bertz CT molecular complexity index is 737. The number of anilines is 1. The number of fused-ring (bicyclic) bond motifs is 1. The first-order valence-corrected chi connectivity index (χ1v) is 5.83. The summed E-state index contributed by atoms with van der Waals surface area (Å²) in [5.74, 6) is -0.467. The van der Waals surface area contributed by atoms with Crippen molar-refractivity contribution in [1.29, 1.82) is 5.26 Å². The van der Waals surface area contributed by atoms with Crippen LogP contribution in [0.2, 0.25) is 0 Å². The molecule has 1 aliphatic heterocycles. The van der Waals surface area contributed by atoms with Crippen molar-refractivity contribution < 1.29 is 4.79 Å². The molecule has 0 aromatic carbocycles. The van der Waals surface area contributed by atoms with E-state index >= 15 is 0 Å². The summed E-state index contributed by atoms with van der Waals surface area (Å²) in [6.45, 7) is 1.69. The first kappa shape index (κ1) is 13.1. The second-order valence-corrected chi connectivity index (χ2v) is 4.64. The monoisotopic (exact) mass is 262 g/mol. The summed E-state index contributed by atoms with van der Waals surface area (Å²) in [6.07, 6.45) is 0.208. The van der Waals surface area contributed by atoms with Gasteiger partial charge in [0.05, 0.1) is 11.8 Å². The molecule has 1 amide bonds. The molecule has 1 unspecified atom stereocenters. The standard InChI is InChI=1S/C12H14N4O3/c1-5-12(6-13)8-7(14(2)10(12)18)9(17)16(4)11(19)15(8)3/h5H2,1-4H3. The molecule has 7 heteroatoms. The third kappa shape index (κ3) is 1.28. The van der Waals surface area contributed by atoms with E-state index in [9.17, 15) is 19.6 Å². The average Bonchev–Trinajstić information content (AvgIpc) is 2.64. The van der Waals surface area contributed by atoms with Crippen molar-refractivity contribution in [2.45, 2.75) is 18.8 Å². The van der Waals surface area contributed by atoms with E-state index in [0.29, 0.717) is 0 Å². The zero-order valence-corrected chi connectivity index (χ0v) is 11.2. The van der Waals surface area contributed by atoms with E-state index in [1.165, 1.54) is 30.6 Å². The van der Waals surface area contributed by atoms with Crippen LogP contribution in [0.4, 0.5) is 5.69 Å². The highest BCUT2D eigenvalue weighted by molar-refractivity contribution is 6.09. The molecule has 0 N–H and O–H groups in total. The van der Waals surface area contributed by atoms with Gasteiger partial charge in [0.1, 0.15) is 5.69 Å². The summed E-state index contributed by atoms with van der Waals surface area (Å²) in [4.78, 5) is 37.6. The second-order valence-electron chi connectivity index (χ2n) is 4.64. The van der Waals surface area contributed by atoms with Crippen molar-refractivity contribution in [3.63, 3.8) is 0 Å². The lowest BCUT2D eigenvalue weighted by Crippen LogP contribution is -2.41. The molecule has 2 rings (SSSR count). The van der Waals surface area contributed by atoms with E-state index in [1.54, 1.807) is 6.92 Å². The molecule has 0 saturated heterocycles. The fourth-order valence-corrected chi connectivity index (χ4v) is 2.60. The summed E-state index contributed by atoms with van der Waals surface area (Å²) >= 11 is 0. The molecule has 19 heavy (non-hydrogen) atoms. The highest BCUT2D eigenvalue weighted by Crippen LogP contribution is 2.39. The van der Waals surface area contributed by atoms with Gasteiger partial charge in [-0.1, -0.05) is 6.92 Å². The summed E-state index contributed by atoms with van der Waals surface area (Å²) in [5, 5.41) is 9.41. The van der Waals surface area contributed by atoms with Gasteiger partial charge in [-0.15, -0.1) is 0 Å². The number of carbonyl (C=O) groups excluding carboxylic acids is 1. The maximum atomic E-state index is 12.3. The topological polar surface area (TPSA) is 88.1 Å². The van der Waals surface area contributed by atoms with Crippen LogP contribution in [0, 0.1) is 11.3 Å². The summed E-state index contributed by atoms with van der Waals surface area (Å²) in [5.41, 5.74) is -2.25. The highest BCUT2D eigenvalue weighted by atomic mass is 16.2. The number of amides is 1. The quantitative estimate of drug-likeness (QED) is 0.665. The van der Waals surface area contributed by atoms with Gasteiger partial charge in [-0.3, -0.25) is 18.7 Å². The molecule has 100 valence electrons. The number of hydrogen-bond acceptors (Lipinski definition) is 4. The maximum Gasteiger partial charge on any atom is 0.330 e. The number of aromatic nitrogens is 2. The number of nitrogens with zero attached hydrogens (tertiary/aromatic N) is 4. The Morgan fingerprint density at radius 1 is 1.16 bits per heavy atom. The van der Waals surface area contributed by atoms with E-state index in [2.05, 4.69) is 0 Å². The van der Waals surface area contributed by atoms with E-state index in [-0.39, 0.29) is 17.8 Å². The number of nitriles is 1. The summed E-state index contributed by atoms with van der Waals surface area (Å²) in [6, 6.07) is 1.98. The van der Waals surface area contributed by atoms with Crippen molar-refractivity contribution in [2.75, 3.05) is 11.9 Å². The van der Waals surface area contributed by atoms with Crippen molar-refractivity contribution in [3.05, 3.63) is 26.5 Å². The Morgan fingerprint density at radius 3 is 2.21 bits per heavy atom. The van der Waals surface area contributed by atoms with Gasteiger partial charge in [0.2, 0.25) is 0 Å². The third-order valence-corrected chi connectivity index (χ3v) is 3.77. The molecular formula is C12H14N4O3. The number of carbonyl (C=O) groups is 1. The molecule has 1 atom stereocenters. The van der Waals surface area contributed by atoms with Crippen LogP contribution in [0.1, 0.15) is 19.0 Å². The van der Waals surface area contributed by atoms with Gasteiger partial charge in [0.15, 0.2) is 5.41 Å². The molecule has 7 nitrogen and oxygen atoms in total. The van der Waals surface area contributed by atoms with Crippen molar-refractivity contribution in [2.24, 2.45) is 14.1 Å². The molecule has 0 bridgehead atoms.